The van der Waals surface area contributed by atoms with Gasteiger partial charge in [0.2, 0.25) is 0 Å². The topological polar surface area (TPSA) is 213 Å². The van der Waals surface area contributed by atoms with Crippen LogP contribution < -0.4 is 5.32 Å². The number of hydrogen-bond donors (Lipinski definition) is 4. The Morgan fingerprint density at radius 3 is 2.13 bits per heavy atom. The summed E-state index contributed by atoms with van der Waals surface area (Å²) in [4.78, 5) is 70.0. The Morgan fingerprint density at radius 2 is 1.60 bits per heavy atom. The van der Waals surface area contributed by atoms with Gasteiger partial charge >= 0.3 is 24.0 Å². The summed E-state index contributed by atoms with van der Waals surface area (Å²) < 4.78 is 36.2. The van der Waals surface area contributed by atoms with Gasteiger partial charge in [0.25, 0.3) is 0 Å². The maximum Gasteiger partial charge on any atom is 0.408 e. The van der Waals surface area contributed by atoms with Crippen molar-refractivity contribution in [2.24, 2.45) is 22.7 Å². The number of amides is 1. The van der Waals surface area contributed by atoms with Crippen LogP contribution in [-0.4, -0.2) is 113 Å². The second-order valence-corrected chi connectivity index (χ2v) is 18.1. The second-order valence-electron chi connectivity index (χ2n) is 18.1. The molecule has 0 unspecified atom stereocenters. The van der Waals surface area contributed by atoms with Crippen molar-refractivity contribution >= 4 is 29.8 Å². The third kappa shape index (κ3) is 7.52. The minimum Gasteiger partial charge on any atom is -0.456 e. The average Bonchev–Trinajstić information content (AvgIpc) is 3.18. The highest BCUT2D eigenvalue weighted by Crippen LogP contribution is 2.65. The Labute approximate surface area is 349 Å². The summed E-state index contributed by atoms with van der Waals surface area (Å²) in [7, 11) is 1.42. The third-order valence-electron chi connectivity index (χ3n) is 13.1. The number of ether oxygens (including phenoxy) is 6. The first-order valence-electron chi connectivity index (χ1n) is 20.2. The minimum absolute atomic E-state index is 0.0951. The molecule has 1 amide bonds. The van der Waals surface area contributed by atoms with Crippen LogP contribution in [0.2, 0.25) is 0 Å². The van der Waals surface area contributed by atoms with Gasteiger partial charge in [-0.1, -0.05) is 62.4 Å². The number of aliphatic hydroxyl groups is 3. The highest BCUT2D eigenvalue weighted by atomic mass is 16.6. The van der Waals surface area contributed by atoms with E-state index in [0.29, 0.717) is 11.1 Å². The highest BCUT2D eigenvalue weighted by molar-refractivity contribution is 5.93. The third-order valence-corrected chi connectivity index (χ3v) is 13.1. The lowest BCUT2D eigenvalue weighted by Crippen LogP contribution is -2.81. The molecule has 2 aromatic rings. The average molecular weight is 836 g/mol. The van der Waals surface area contributed by atoms with Gasteiger partial charge in [-0.2, -0.15) is 0 Å². The fraction of sp³-hybridized carbons (Fsp3) is 0.578. The molecule has 1 aliphatic heterocycles. The number of benzene rings is 2. The second kappa shape index (κ2) is 16.3. The summed E-state index contributed by atoms with van der Waals surface area (Å²) in [6.07, 6.45) is -8.12. The quantitative estimate of drug-likeness (QED) is 0.150. The van der Waals surface area contributed by atoms with Gasteiger partial charge < -0.3 is 49.1 Å². The normalized spacial score (nSPS) is 33.0. The van der Waals surface area contributed by atoms with Crippen molar-refractivity contribution in [3.05, 3.63) is 82.9 Å². The smallest absolute Gasteiger partial charge is 0.408 e. The highest BCUT2D eigenvalue weighted by Gasteiger charge is 2.78. The van der Waals surface area contributed by atoms with E-state index < -0.39 is 119 Å². The van der Waals surface area contributed by atoms with Crippen molar-refractivity contribution in [1.82, 2.24) is 5.32 Å². The molecule has 326 valence electrons. The number of ketones is 1. The molecule has 0 radical (unpaired) electrons. The Bertz CT molecular complexity index is 2010. The van der Waals surface area contributed by atoms with Crippen LogP contribution >= 0.6 is 0 Å². The van der Waals surface area contributed by atoms with Crippen molar-refractivity contribution in [2.45, 2.75) is 122 Å². The zero-order valence-electron chi connectivity index (χ0n) is 35.6. The molecule has 60 heavy (non-hydrogen) atoms. The molecule has 4 aliphatic rings. The van der Waals surface area contributed by atoms with Gasteiger partial charge in [0, 0.05) is 32.3 Å². The minimum atomic E-state index is -2.25. The Balaban J connectivity index is 1.52. The van der Waals surface area contributed by atoms with Crippen LogP contribution in [0.25, 0.3) is 0 Å². The van der Waals surface area contributed by atoms with Crippen LogP contribution in [-0.2, 0) is 42.8 Å². The lowest BCUT2D eigenvalue weighted by Gasteiger charge is -2.68. The molecule has 1 heterocycles. The molecule has 2 aromatic carbocycles. The van der Waals surface area contributed by atoms with E-state index in [1.807, 2.05) is 0 Å². The van der Waals surface area contributed by atoms with E-state index in [9.17, 15) is 34.5 Å². The lowest BCUT2D eigenvalue weighted by molar-refractivity contribution is -0.347. The summed E-state index contributed by atoms with van der Waals surface area (Å²) in [6, 6.07) is 14.9. The van der Waals surface area contributed by atoms with Crippen LogP contribution in [0.15, 0.2) is 71.8 Å². The van der Waals surface area contributed by atoms with E-state index in [1.54, 1.807) is 97.0 Å². The molecule has 2 bridgehead atoms. The van der Waals surface area contributed by atoms with Crippen LogP contribution in [0.4, 0.5) is 4.79 Å². The number of Topliss-reactive ketones (excluding diaryl/α,β-unsaturated/α-hetero) is 1. The largest absolute Gasteiger partial charge is 0.456 e. The molecule has 11 atom stereocenters. The summed E-state index contributed by atoms with van der Waals surface area (Å²) >= 11 is 0. The van der Waals surface area contributed by atoms with Crippen molar-refractivity contribution in [2.75, 3.05) is 20.3 Å². The Hall–Kier alpha value is -4.67. The van der Waals surface area contributed by atoms with E-state index in [4.69, 9.17) is 28.4 Å². The Kier molecular flexibility index (Phi) is 12.2. The SMILES string of the molecule is CO[C@H]1C[C@H]2OC[C@@]2(OC(C)=O)[C@H]2[C@H](OC(=O)c3ccccc3)[C@@]3(O)C[C@H](OC(=O)[C@H](O)[C@@H](NC(=O)OC(C)(C)C)c4ccccc4)C(C)=C([C@@H](CO)C(=O)[C@]12C)C3(C)C. The molecule has 4 N–H and O–H groups in total. The molecule has 3 aliphatic carbocycles. The number of rotatable bonds is 10. The van der Waals surface area contributed by atoms with Gasteiger partial charge in [-0.3, -0.25) is 9.59 Å². The van der Waals surface area contributed by atoms with Crippen LogP contribution in [0.5, 0.6) is 0 Å². The fourth-order valence-corrected chi connectivity index (χ4v) is 10.3. The summed E-state index contributed by atoms with van der Waals surface area (Å²) in [6.45, 7) is 11.8. The first-order chi connectivity index (χ1) is 28.1. The van der Waals surface area contributed by atoms with Crippen LogP contribution in [0.1, 0.15) is 90.2 Å². The van der Waals surface area contributed by atoms with Crippen molar-refractivity contribution < 1.29 is 67.7 Å². The first kappa shape index (κ1) is 44.9. The molecule has 2 saturated carbocycles. The number of aliphatic hydroxyl groups excluding tert-OH is 2. The van der Waals surface area contributed by atoms with E-state index >= 15 is 4.79 Å². The number of alkyl carbamates (subject to hydrolysis) is 1. The van der Waals surface area contributed by atoms with Gasteiger partial charge in [-0.05, 0) is 63.5 Å². The van der Waals surface area contributed by atoms with E-state index in [-0.39, 0.29) is 24.2 Å². The van der Waals surface area contributed by atoms with Crippen molar-refractivity contribution in [1.29, 1.82) is 0 Å². The Morgan fingerprint density at radius 1 is 0.983 bits per heavy atom. The number of esters is 3. The van der Waals surface area contributed by atoms with Gasteiger partial charge in [-0.15, -0.1) is 0 Å². The number of carbonyl (C=O) groups is 5. The van der Waals surface area contributed by atoms with Crippen LogP contribution in [0.3, 0.4) is 0 Å². The molecule has 0 aromatic heterocycles. The summed E-state index contributed by atoms with van der Waals surface area (Å²) in [5.41, 5.74) is -6.95. The lowest BCUT2D eigenvalue weighted by atomic mass is 9.43. The molecule has 3 fully saturated rings. The van der Waals surface area contributed by atoms with Gasteiger partial charge in [0.1, 0.15) is 29.5 Å². The predicted octanol–water partition coefficient (Wildman–Crippen LogP) is 4.16. The van der Waals surface area contributed by atoms with Crippen molar-refractivity contribution in [3.63, 3.8) is 0 Å². The number of methoxy groups -OCH3 is 1. The van der Waals surface area contributed by atoms with Gasteiger partial charge in [-0.25, -0.2) is 14.4 Å². The van der Waals surface area contributed by atoms with E-state index in [1.165, 1.54) is 26.2 Å². The molecule has 15 heteroatoms. The predicted molar refractivity (Wildman–Crippen MR) is 213 cm³/mol. The standard InChI is InChI=1S/C45H57NO14/c1-24-29(57-39(52)34(49)33(26-16-12-10-13-17-26)46-40(53)60-41(3,4)5)21-45(54)37(58-38(51)27-18-14-11-15-19-27)35-43(8,36(50)28(22-47)32(24)42(45,6)7)30(55-9)20-31-44(35,23-56-31)59-25(2)48/h10-19,28-31,33-35,37,47,49,54H,20-23H2,1-9H3,(H,46,53)/t28-,29+,30+,31-,33+,34-,35+,37+,43-,44+,45+/m1/s1. The zero-order chi connectivity index (χ0) is 44.2. The summed E-state index contributed by atoms with van der Waals surface area (Å²) in [5.74, 6) is -5.97. The molecule has 15 nitrogen and oxygen atoms in total. The number of fused-ring (bicyclic) bond motifs is 5. The fourth-order valence-electron chi connectivity index (χ4n) is 10.3. The van der Waals surface area contributed by atoms with Gasteiger partial charge in [0.05, 0.1) is 48.2 Å². The monoisotopic (exact) mass is 835 g/mol. The molecular formula is C45H57NO14. The van der Waals surface area contributed by atoms with Gasteiger partial charge in [0.15, 0.2) is 17.5 Å². The molecule has 0 spiro atoms. The number of hydrogen-bond acceptors (Lipinski definition) is 14. The van der Waals surface area contributed by atoms with Crippen molar-refractivity contribution in [3.8, 4) is 0 Å². The van der Waals surface area contributed by atoms with Crippen LogP contribution in [0, 0.1) is 22.7 Å². The van der Waals surface area contributed by atoms with E-state index in [0.717, 1.165) is 0 Å². The maximum absolute atomic E-state index is 15.5. The molecular weight excluding hydrogens is 778 g/mol. The molecule has 6 rings (SSSR count). The number of nitrogens with one attached hydrogen (secondary N) is 1. The zero-order valence-corrected chi connectivity index (χ0v) is 35.6. The summed E-state index contributed by atoms with van der Waals surface area (Å²) in [5, 5.41) is 39.2. The number of carbonyl (C=O) groups excluding carboxylic acids is 5. The van der Waals surface area contributed by atoms with E-state index in [2.05, 4.69) is 5.32 Å². The maximum atomic E-state index is 15.5. The first-order valence-corrected chi connectivity index (χ1v) is 20.2. The molecule has 1 saturated heterocycles.